The first-order chi connectivity index (χ1) is 18.0. The van der Waals surface area contributed by atoms with Gasteiger partial charge in [0.2, 0.25) is 0 Å². The Labute approximate surface area is 219 Å². The number of methoxy groups -OCH3 is 1. The Morgan fingerprint density at radius 2 is 1.73 bits per heavy atom. The number of carboxylic acid groups (broad SMARTS) is 1. The van der Waals surface area contributed by atoms with Gasteiger partial charge in [-0.1, -0.05) is 18.2 Å². The van der Waals surface area contributed by atoms with Crippen LogP contribution in [0.5, 0.6) is 5.75 Å². The molecule has 2 saturated heterocycles. The first-order valence-electron chi connectivity index (χ1n) is 13.3. The number of carboxylic acids is 1. The third-order valence-electron chi connectivity index (χ3n) is 7.63. The number of amides is 1. The zero-order chi connectivity index (χ0) is 26.0. The first-order valence-corrected chi connectivity index (χ1v) is 13.3. The second-order valence-electron chi connectivity index (χ2n) is 9.95. The van der Waals surface area contributed by atoms with Gasteiger partial charge in [-0.3, -0.25) is 14.5 Å². The summed E-state index contributed by atoms with van der Waals surface area (Å²) in [4.78, 5) is 31.6. The van der Waals surface area contributed by atoms with E-state index in [1.54, 1.807) is 31.4 Å². The van der Waals surface area contributed by atoms with Crippen LogP contribution in [0.4, 0.5) is 5.69 Å². The van der Waals surface area contributed by atoms with Gasteiger partial charge in [-0.05, 0) is 61.1 Å². The van der Waals surface area contributed by atoms with Crippen LogP contribution in [0.1, 0.15) is 29.6 Å². The number of anilines is 1. The average Bonchev–Trinajstić information content (AvgIpc) is 2.94. The molecule has 0 aliphatic carbocycles. The predicted octanol–water partition coefficient (Wildman–Crippen LogP) is 3.48. The van der Waals surface area contributed by atoms with Crippen molar-refractivity contribution in [3.05, 3.63) is 60.2 Å². The zero-order valence-electron chi connectivity index (χ0n) is 21.8. The number of carbonyl (C=O) groups excluding carboxylic acids is 1. The van der Waals surface area contributed by atoms with E-state index in [0.29, 0.717) is 30.8 Å². The summed E-state index contributed by atoms with van der Waals surface area (Å²) >= 11 is 0. The standard InChI is InChI=1S/C29H39N3O5/c1-36-27-9-7-23(8-10-27)29(35)32-14-11-24(21-28(33)34)25(22-32)12-13-31(26-5-3-2-4-6-26)16-15-30-17-19-37-20-18-30/h2-10,24-25H,11-22H2,1H3,(H,33,34)/t24-,25-/m0/s1. The largest absolute Gasteiger partial charge is 0.497 e. The van der Waals surface area contributed by atoms with Gasteiger partial charge in [0, 0.05) is 63.5 Å². The lowest BCUT2D eigenvalue weighted by atomic mass is 9.81. The summed E-state index contributed by atoms with van der Waals surface area (Å²) in [6.07, 6.45) is 1.69. The fourth-order valence-corrected chi connectivity index (χ4v) is 5.42. The van der Waals surface area contributed by atoms with E-state index >= 15 is 0 Å². The molecule has 2 fully saturated rings. The molecule has 0 spiro atoms. The number of rotatable bonds is 11. The van der Waals surface area contributed by atoms with Crippen LogP contribution in [0, 0.1) is 11.8 Å². The van der Waals surface area contributed by atoms with Crippen LogP contribution in [-0.2, 0) is 9.53 Å². The lowest BCUT2D eigenvalue weighted by molar-refractivity contribution is -0.139. The molecular formula is C29H39N3O5. The number of nitrogens with zero attached hydrogens (tertiary/aromatic N) is 3. The molecular weight excluding hydrogens is 470 g/mol. The van der Waals surface area contributed by atoms with Crippen molar-refractivity contribution in [3.63, 3.8) is 0 Å². The van der Waals surface area contributed by atoms with Gasteiger partial charge >= 0.3 is 5.97 Å². The van der Waals surface area contributed by atoms with Crippen LogP contribution < -0.4 is 9.64 Å². The highest BCUT2D eigenvalue weighted by Crippen LogP contribution is 2.31. The number of piperidine rings is 1. The smallest absolute Gasteiger partial charge is 0.303 e. The Balaban J connectivity index is 1.43. The van der Waals surface area contributed by atoms with Crippen LogP contribution in [-0.4, -0.2) is 92.9 Å². The van der Waals surface area contributed by atoms with E-state index in [1.807, 2.05) is 11.0 Å². The van der Waals surface area contributed by atoms with Gasteiger partial charge in [-0.25, -0.2) is 0 Å². The number of benzene rings is 2. The predicted molar refractivity (Wildman–Crippen MR) is 143 cm³/mol. The number of hydrogen-bond donors (Lipinski definition) is 1. The Morgan fingerprint density at radius 1 is 1.00 bits per heavy atom. The van der Waals surface area contributed by atoms with Gasteiger partial charge in [-0.2, -0.15) is 0 Å². The maximum Gasteiger partial charge on any atom is 0.303 e. The molecule has 0 aromatic heterocycles. The number of morpholine rings is 1. The van der Waals surface area contributed by atoms with Crippen LogP contribution in [0.3, 0.4) is 0 Å². The molecule has 2 atom stereocenters. The van der Waals surface area contributed by atoms with Crippen LogP contribution >= 0.6 is 0 Å². The molecule has 8 heteroatoms. The number of carbonyl (C=O) groups is 2. The van der Waals surface area contributed by atoms with Gasteiger partial charge in [0.05, 0.1) is 20.3 Å². The van der Waals surface area contributed by atoms with Crippen molar-refractivity contribution in [2.45, 2.75) is 19.3 Å². The fraction of sp³-hybridized carbons (Fsp3) is 0.517. The highest BCUT2D eigenvalue weighted by atomic mass is 16.5. The molecule has 1 N–H and O–H groups in total. The minimum atomic E-state index is -0.767. The van der Waals surface area contributed by atoms with Gasteiger partial charge in [0.1, 0.15) is 5.75 Å². The van der Waals surface area contributed by atoms with Crippen molar-refractivity contribution >= 4 is 17.6 Å². The topological polar surface area (TPSA) is 82.5 Å². The molecule has 2 aromatic carbocycles. The van der Waals surface area contributed by atoms with Crippen molar-refractivity contribution < 1.29 is 24.2 Å². The molecule has 0 bridgehead atoms. The van der Waals surface area contributed by atoms with E-state index in [9.17, 15) is 14.7 Å². The Morgan fingerprint density at radius 3 is 2.41 bits per heavy atom. The normalized spacial score (nSPS) is 20.4. The summed E-state index contributed by atoms with van der Waals surface area (Å²) in [5.74, 6) is 0.134. The van der Waals surface area contributed by atoms with Gasteiger partial charge < -0.3 is 24.4 Å². The number of para-hydroxylation sites is 1. The van der Waals surface area contributed by atoms with Crippen molar-refractivity contribution in [2.75, 3.05) is 71.0 Å². The quantitative estimate of drug-likeness (QED) is 0.497. The van der Waals surface area contributed by atoms with Crippen LogP contribution in [0.2, 0.25) is 0 Å². The van der Waals surface area contributed by atoms with Gasteiger partial charge in [0.15, 0.2) is 0 Å². The van der Waals surface area contributed by atoms with Gasteiger partial charge in [0.25, 0.3) is 5.91 Å². The molecule has 0 saturated carbocycles. The molecule has 0 unspecified atom stereocenters. The average molecular weight is 510 g/mol. The fourth-order valence-electron chi connectivity index (χ4n) is 5.42. The molecule has 1 amide bonds. The molecule has 200 valence electrons. The van der Waals surface area contributed by atoms with E-state index in [0.717, 1.165) is 52.4 Å². The van der Waals surface area contributed by atoms with E-state index < -0.39 is 5.97 Å². The van der Waals surface area contributed by atoms with Crippen molar-refractivity contribution in [2.24, 2.45) is 11.8 Å². The van der Waals surface area contributed by atoms with Crippen molar-refractivity contribution in [3.8, 4) is 5.75 Å². The summed E-state index contributed by atoms with van der Waals surface area (Å²) in [5, 5.41) is 9.55. The third kappa shape index (κ3) is 7.69. The Hall–Kier alpha value is -3.10. The van der Waals surface area contributed by atoms with E-state index in [-0.39, 0.29) is 24.2 Å². The summed E-state index contributed by atoms with van der Waals surface area (Å²) in [5.41, 5.74) is 1.81. The molecule has 2 heterocycles. The molecule has 8 nitrogen and oxygen atoms in total. The minimum absolute atomic E-state index is 0.00587. The van der Waals surface area contributed by atoms with Crippen LogP contribution in [0.15, 0.2) is 54.6 Å². The summed E-state index contributed by atoms with van der Waals surface area (Å²) in [7, 11) is 1.61. The first kappa shape index (κ1) is 26.9. The SMILES string of the molecule is COc1ccc(C(=O)N2CC[C@@H](CC(=O)O)[C@@H](CCN(CCN3CCOCC3)c3ccccc3)C2)cc1. The lowest BCUT2D eigenvalue weighted by Crippen LogP contribution is -2.46. The summed E-state index contributed by atoms with van der Waals surface area (Å²) in [6.45, 7) is 7.30. The second-order valence-corrected chi connectivity index (χ2v) is 9.95. The van der Waals surface area contributed by atoms with Crippen LogP contribution in [0.25, 0.3) is 0 Å². The maximum absolute atomic E-state index is 13.3. The lowest BCUT2D eigenvalue weighted by Gasteiger charge is -2.39. The maximum atomic E-state index is 13.3. The Kier molecular flexibility index (Phi) is 9.79. The minimum Gasteiger partial charge on any atom is -0.497 e. The van der Waals surface area contributed by atoms with Crippen molar-refractivity contribution in [1.29, 1.82) is 0 Å². The van der Waals surface area contributed by atoms with E-state index in [2.05, 4.69) is 34.1 Å². The number of ether oxygens (including phenoxy) is 2. The zero-order valence-corrected chi connectivity index (χ0v) is 21.8. The highest BCUT2D eigenvalue weighted by Gasteiger charge is 2.33. The van der Waals surface area contributed by atoms with E-state index in [4.69, 9.17) is 9.47 Å². The number of aliphatic carboxylic acids is 1. The third-order valence-corrected chi connectivity index (χ3v) is 7.63. The van der Waals surface area contributed by atoms with E-state index in [1.165, 1.54) is 5.69 Å². The highest BCUT2D eigenvalue weighted by molar-refractivity contribution is 5.94. The monoisotopic (exact) mass is 509 g/mol. The molecule has 2 aliphatic rings. The van der Waals surface area contributed by atoms with Gasteiger partial charge in [-0.15, -0.1) is 0 Å². The summed E-state index contributed by atoms with van der Waals surface area (Å²) in [6, 6.07) is 17.6. The Bertz CT molecular complexity index is 994. The second kappa shape index (κ2) is 13.4. The number of likely N-dealkylation sites (tertiary alicyclic amines) is 1. The molecule has 0 radical (unpaired) electrons. The molecule has 2 aromatic rings. The molecule has 37 heavy (non-hydrogen) atoms. The molecule has 4 rings (SSSR count). The summed E-state index contributed by atoms with van der Waals surface area (Å²) < 4.78 is 10.7. The van der Waals surface area contributed by atoms with Crippen molar-refractivity contribution in [1.82, 2.24) is 9.80 Å². The number of hydrogen-bond acceptors (Lipinski definition) is 6. The molecule has 2 aliphatic heterocycles.